The first-order valence-corrected chi connectivity index (χ1v) is 10.7. The van der Waals surface area contributed by atoms with Gasteiger partial charge in [-0.2, -0.15) is 4.31 Å². The standard InChI is InChI=1S/C19H25N3O5S/c1-19(2,3)27-18(24)21-16-8-9-20-17(15(16)12-23)13-5-4-10-22(11-13)28(25,26)14-6-7-14/h5,8-9,12,14H,4,6-7,10-11H2,1-3H3,(H,20,21,24). The molecule has 1 saturated carbocycles. The monoisotopic (exact) mass is 407 g/mol. The average molecular weight is 407 g/mol. The highest BCUT2D eigenvalue weighted by Crippen LogP contribution is 2.34. The fourth-order valence-electron chi connectivity index (χ4n) is 3.05. The lowest BCUT2D eigenvalue weighted by molar-refractivity contribution is 0.0636. The summed E-state index contributed by atoms with van der Waals surface area (Å²) in [6.07, 6.45) is 5.25. The van der Waals surface area contributed by atoms with Crippen LogP contribution in [0.25, 0.3) is 5.57 Å². The average Bonchev–Trinajstić information content (AvgIpc) is 3.45. The summed E-state index contributed by atoms with van der Waals surface area (Å²) < 4.78 is 31.8. The maximum atomic E-state index is 12.6. The molecule has 0 radical (unpaired) electrons. The Labute approximate surface area is 165 Å². The van der Waals surface area contributed by atoms with E-state index in [9.17, 15) is 18.0 Å². The van der Waals surface area contributed by atoms with E-state index in [0.29, 0.717) is 43.4 Å². The van der Waals surface area contributed by atoms with Crippen LogP contribution >= 0.6 is 0 Å². The summed E-state index contributed by atoms with van der Waals surface area (Å²) in [5.74, 6) is 0. The smallest absolute Gasteiger partial charge is 0.412 e. The van der Waals surface area contributed by atoms with Crippen LogP contribution in [0.4, 0.5) is 10.5 Å². The number of pyridine rings is 1. The molecule has 1 aromatic rings. The number of sulfonamides is 1. The highest BCUT2D eigenvalue weighted by Gasteiger charge is 2.41. The van der Waals surface area contributed by atoms with Crippen molar-refractivity contribution in [3.63, 3.8) is 0 Å². The third-order valence-corrected chi connectivity index (χ3v) is 6.81. The van der Waals surface area contributed by atoms with E-state index in [0.717, 1.165) is 0 Å². The van der Waals surface area contributed by atoms with Crippen molar-refractivity contribution in [2.45, 2.75) is 50.9 Å². The zero-order chi connectivity index (χ0) is 20.5. The topological polar surface area (TPSA) is 106 Å². The minimum Gasteiger partial charge on any atom is -0.444 e. The van der Waals surface area contributed by atoms with Crippen molar-refractivity contribution in [3.05, 3.63) is 29.6 Å². The third kappa shape index (κ3) is 4.59. The summed E-state index contributed by atoms with van der Waals surface area (Å²) in [6.45, 7) is 5.82. The number of nitrogens with one attached hydrogen (secondary N) is 1. The molecule has 0 spiro atoms. The predicted octanol–water partition coefficient (Wildman–Crippen LogP) is 2.82. The number of carbonyl (C=O) groups is 2. The van der Waals surface area contributed by atoms with Gasteiger partial charge in [-0.25, -0.2) is 13.2 Å². The second-order valence-corrected chi connectivity index (χ2v) is 10.2. The maximum absolute atomic E-state index is 12.6. The molecule has 1 aliphatic heterocycles. The van der Waals surface area contributed by atoms with Crippen molar-refractivity contribution in [2.24, 2.45) is 0 Å². The molecule has 0 atom stereocenters. The molecule has 8 nitrogen and oxygen atoms in total. The molecule has 152 valence electrons. The van der Waals surface area contributed by atoms with Crippen LogP contribution in [0.2, 0.25) is 0 Å². The largest absolute Gasteiger partial charge is 0.444 e. The zero-order valence-electron chi connectivity index (χ0n) is 16.3. The third-order valence-electron chi connectivity index (χ3n) is 4.47. The van der Waals surface area contributed by atoms with Gasteiger partial charge in [-0.1, -0.05) is 6.08 Å². The Morgan fingerprint density at radius 3 is 2.68 bits per heavy atom. The predicted molar refractivity (Wildman–Crippen MR) is 106 cm³/mol. The van der Waals surface area contributed by atoms with Gasteiger partial charge < -0.3 is 4.74 Å². The molecule has 1 aliphatic carbocycles. The van der Waals surface area contributed by atoms with E-state index in [4.69, 9.17) is 4.74 Å². The maximum Gasteiger partial charge on any atom is 0.412 e. The van der Waals surface area contributed by atoms with Gasteiger partial charge in [0, 0.05) is 19.3 Å². The van der Waals surface area contributed by atoms with E-state index in [1.165, 1.54) is 16.6 Å². The van der Waals surface area contributed by atoms with E-state index >= 15 is 0 Å². The van der Waals surface area contributed by atoms with Gasteiger partial charge >= 0.3 is 6.09 Å². The second-order valence-electron chi connectivity index (χ2n) is 7.96. The van der Waals surface area contributed by atoms with Crippen molar-refractivity contribution in [1.29, 1.82) is 0 Å². The van der Waals surface area contributed by atoms with Gasteiger partial charge in [0.05, 0.1) is 22.2 Å². The Morgan fingerprint density at radius 1 is 1.36 bits per heavy atom. The first-order valence-electron chi connectivity index (χ1n) is 9.24. The number of nitrogens with zero attached hydrogens (tertiary/aromatic N) is 2. The van der Waals surface area contributed by atoms with Gasteiger partial charge in [0.2, 0.25) is 10.0 Å². The number of hydrogen-bond acceptors (Lipinski definition) is 6. The molecule has 9 heteroatoms. The Hall–Kier alpha value is -2.26. The van der Waals surface area contributed by atoms with Gasteiger partial charge in [0.1, 0.15) is 5.60 Å². The summed E-state index contributed by atoms with van der Waals surface area (Å²) >= 11 is 0. The molecule has 1 amide bonds. The van der Waals surface area contributed by atoms with E-state index in [1.807, 2.05) is 6.08 Å². The van der Waals surface area contributed by atoms with E-state index in [-0.39, 0.29) is 23.0 Å². The summed E-state index contributed by atoms with van der Waals surface area (Å²) in [6, 6.07) is 1.51. The Kier molecular flexibility index (Phi) is 5.58. The van der Waals surface area contributed by atoms with Crippen LogP contribution in [0.3, 0.4) is 0 Å². The fourth-order valence-corrected chi connectivity index (χ4v) is 4.89. The van der Waals surface area contributed by atoms with Crippen molar-refractivity contribution in [3.8, 4) is 0 Å². The van der Waals surface area contributed by atoms with Gasteiger partial charge in [-0.3, -0.25) is 15.1 Å². The molecule has 2 aliphatic rings. The van der Waals surface area contributed by atoms with Crippen LogP contribution in [0, 0.1) is 0 Å². The van der Waals surface area contributed by atoms with E-state index in [1.54, 1.807) is 20.8 Å². The highest BCUT2D eigenvalue weighted by molar-refractivity contribution is 7.90. The van der Waals surface area contributed by atoms with Crippen LogP contribution in [-0.4, -0.2) is 54.0 Å². The number of aromatic nitrogens is 1. The molecule has 28 heavy (non-hydrogen) atoms. The van der Waals surface area contributed by atoms with Gasteiger partial charge in [-0.15, -0.1) is 0 Å². The number of ether oxygens (including phenoxy) is 1. The number of rotatable bonds is 5. The van der Waals surface area contributed by atoms with Crippen LogP contribution in [0.1, 0.15) is 56.1 Å². The molecular formula is C19H25N3O5S. The number of carbonyl (C=O) groups excluding carboxylic acids is 2. The summed E-state index contributed by atoms with van der Waals surface area (Å²) in [5.41, 5.74) is 0.831. The first-order chi connectivity index (χ1) is 13.1. The van der Waals surface area contributed by atoms with Crippen molar-refractivity contribution in [1.82, 2.24) is 9.29 Å². The lowest BCUT2D eigenvalue weighted by Gasteiger charge is -2.27. The second kappa shape index (κ2) is 7.63. The minimum absolute atomic E-state index is 0.169. The number of anilines is 1. The molecule has 3 rings (SSSR count). The lowest BCUT2D eigenvalue weighted by Crippen LogP contribution is -2.37. The molecule has 2 heterocycles. The quantitative estimate of drug-likeness (QED) is 0.753. The minimum atomic E-state index is -3.31. The number of aldehydes is 1. The molecule has 0 aromatic carbocycles. The first kappa shape index (κ1) is 20.5. The molecule has 0 bridgehead atoms. The SMILES string of the molecule is CC(C)(C)OC(=O)Nc1ccnc(C2=CCCN(S(=O)(=O)C3CC3)C2)c1C=O. The summed E-state index contributed by atoms with van der Waals surface area (Å²) in [5, 5.41) is 2.29. The van der Waals surface area contributed by atoms with E-state index in [2.05, 4.69) is 10.3 Å². The van der Waals surface area contributed by atoms with Gasteiger partial charge in [0.15, 0.2) is 6.29 Å². The van der Waals surface area contributed by atoms with Crippen LogP contribution in [0.15, 0.2) is 18.3 Å². The fraction of sp³-hybridized carbons (Fsp3) is 0.526. The Balaban J connectivity index is 1.85. The molecule has 0 saturated heterocycles. The zero-order valence-corrected chi connectivity index (χ0v) is 17.1. The van der Waals surface area contributed by atoms with Crippen molar-refractivity contribution in [2.75, 3.05) is 18.4 Å². The van der Waals surface area contributed by atoms with Crippen LogP contribution in [-0.2, 0) is 14.8 Å². The van der Waals surface area contributed by atoms with Crippen molar-refractivity contribution >= 4 is 33.7 Å². The normalized spacial score (nSPS) is 18.3. The molecule has 0 unspecified atom stereocenters. The van der Waals surface area contributed by atoms with Crippen molar-refractivity contribution < 1.29 is 22.7 Å². The highest BCUT2D eigenvalue weighted by atomic mass is 32.2. The summed E-state index contributed by atoms with van der Waals surface area (Å²) in [7, 11) is -3.31. The molecular weight excluding hydrogens is 382 g/mol. The summed E-state index contributed by atoms with van der Waals surface area (Å²) in [4.78, 5) is 28.1. The van der Waals surface area contributed by atoms with Crippen LogP contribution in [0.5, 0.6) is 0 Å². The number of amides is 1. The molecule has 1 aromatic heterocycles. The Bertz CT molecular complexity index is 914. The lowest BCUT2D eigenvalue weighted by atomic mass is 10.0. The van der Waals surface area contributed by atoms with Gasteiger partial charge in [0.25, 0.3) is 0 Å². The molecule has 1 fully saturated rings. The van der Waals surface area contributed by atoms with E-state index < -0.39 is 21.7 Å². The van der Waals surface area contributed by atoms with Gasteiger partial charge in [-0.05, 0) is 51.7 Å². The number of hydrogen-bond donors (Lipinski definition) is 1. The Morgan fingerprint density at radius 2 is 2.07 bits per heavy atom. The molecule has 1 N–H and O–H groups in total. The van der Waals surface area contributed by atoms with Crippen LogP contribution < -0.4 is 5.32 Å².